The van der Waals surface area contributed by atoms with E-state index in [0.29, 0.717) is 24.4 Å². The number of hydrogen-bond acceptors (Lipinski definition) is 6. The molecule has 1 aromatic heterocycles. The second-order valence-corrected chi connectivity index (χ2v) is 12.7. The molecule has 0 aliphatic carbocycles. The Kier molecular flexibility index (Phi) is 9.49. The van der Waals surface area contributed by atoms with Gasteiger partial charge in [-0.15, -0.1) is 0 Å². The van der Waals surface area contributed by atoms with Gasteiger partial charge in [0.15, 0.2) is 0 Å². The lowest BCUT2D eigenvalue weighted by molar-refractivity contribution is 0.0582. The van der Waals surface area contributed by atoms with E-state index in [1.807, 2.05) is 36.4 Å². The molecule has 3 aromatic rings. The number of hydrogen-bond donors (Lipinski definition) is 3. The number of carbonyl (C=O) groups is 1. The van der Waals surface area contributed by atoms with Gasteiger partial charge in [-0.3, -0.25) is 4.79 Å². The van der Waals surface area contributed by atoms with Crippen LogP contribution in [0.15, 0.2) is 66.9 Å². The minimum absolute atomic E-state index is 0.0349. The van der Waals surface area contributed by atoms with Crippen LogP contribution in [0.5, 0.6) is 5.75 Å². The van der Waals surface area contributed by atoms with E-state index < -0.39 is 12.1 Å². The molecule has 0 spiro atoms. The average Bonchev–Trinajstić information content (AvgIpc) is 2.99. The maximum Gasteiger partial charge on any atom is 0.251 e. The van der Waals surface area contributed by atoms with Crippen LogP contribution >= 0.6 is 0 Å². The van der Waals surface area contributed by atoms with Gasteiger partial charge < -0.3 is 25.4 Å². The summed E-state index contributed by atoms with van der Waals surface area (Å²) in [7, 11) is 0. The molecule has 0 radical (unpaired) electrons. The minimum atomic E-state index is -0.804. The highest BCUT2D eigenvalue weighted by Crippen LogP contribution is 2.40. The third-order valence-electron chi connectivity index (χ3n) is 8.58. The minimum Gasteiger partial charge on any atom is -0.487 e. The Labute approximate surface area is 250 Å². The molecular weight excluding hydrogens is 524 g/mol. The molecule has 0 saturated carbocycles. The van der Waals surface area contributed by atoms with Gasteiger partial charge in [0.1, 0.15) is 17.2 Å². The number of pyridine rings is 1. The Bertz CT molecular complexity index is 1350. The first-order valence-corrected chi connectivity index (χ1v) is 15.5. The van der Waals surface area contributed by atoms with E-state index >= 15 is 0 Å². The fourth-order valence-electron chi connectivity index (χ4n) is 6.24. The number of anilines is 1. The molecule has 2 aliphatic rings. The topological polar surface area (TPSA) is 86.7 Å². The summed E-state index contributed by atoms with van der Waals surface area (Å²) in [6, 6.07) is 19.6. The molecule has 4 atom stereocenters. The highest BCUT2D eigenvalue weighted by Gasteiger charge is 2.34. The van der Waals surface area contributed by atoms with Crippen molar-refractivity contribution in [3.63, 3.8) is 0 Å². The van der Waals surface area contributed by atoms with Crippen molar-refractivity contribution in [2.45, 2.75) is 83.6 Å². The molecule has 1 saturated heterocycles. The van der Waals surface area contributed by atoms with E-state index in [9.17, 15) is 9.90 Å². The van der Waals surface area contributed by atoms with Crippen molar-refractivity contribution in [3.05, 3.63) is 89.1 Å². The second-order valence-electron chi connectivity index (χ2n) is 12.7. The molecule has 3 N–H and O–H groups in total. The highest BCUT2D eigenvalue weighted by atomic mass is 16.5. The quantitative estimate of drug-likeness (QED) is 0.300. The Balaban J connectivity index is 1.31. The van der Waals surface area contributed by atoms with Crippen LogP contribution in [0.3, 0.4) is 0 Å². The lowest BCUT2D eigenvalue weighted by atomic mass is 9.88. The van der Waals surface area contributed by atoms with Gasteiger partial charge in [-0.25, -0.2) is 4.98 Å². The predicted molar refractivity (Wildman–Crippen MR) is 168 cm³/mol. The molecule has 2 aromatic carbocycles. The SMILES string of the molecule is CCc1ccc2c(c1)[C@@H](NC[C@@H](O)[C@H](Cc1ccccc1)NC(=O)c1ccnc(N3CCC[C@@H](C)C3)c1)CC(C)(C)O2. The summed E-state index contributed by atoms with van der Waals surface area (Å²) in [5, 5.41) is 18.3. The maximum atomic E-state index is 13.6. The largest absolute Gasteiger partial charge is 0.487 e. The standard InChI is InChI=1S/C35H46N4O3/c1-5-25-13-14-32-28(18-25)30(21-35(3,4)42-32)37-22-31(40)29(19-26-11-7-6-8-12-26)38-34(41)27-15-16-36-33(20-27)39-17-9-10-24(2)23-39/h6-8,11-16,18,20,24,29-31,37,40H,5,9-10,17,19,21-23H2,1-4H3,(H,38,41)/t24-,29+,30+,31-/m1/s1. The Hall–Kier alpha value is -3.42. The number of fused-ring (bicyclic) bond motifs is 1. The first kappa shape index (κ1) is 30.1. The summed E-state index contributed by atoms with van der Waals surface area (Å²) in [5.41, 5.74) is 3.68. The molecule has 3 heterocycles. The van der Waals surface area contributed by atoms with Crippen molar-refractivity contribution in [3.8, 4) is 5.75 Å². The molecule has 1 fully saturated rings. The van der Waals surface area contributed by atoms with Crippen LogP contribution in [0.25, 0.3) is 0 Å². The number of ether oxygens (including phenoxy) is 1. The highest BCUT2D eigenvalue weighted by molar-refractivity contribution is 5.95. The third-order valence-corrected chi connectivity index (χ3v) is 8.58. The molecule has 1 amide bonds. The molecule has 0 bridgehead atoms. The van der Waals surface area contributed by atoms with Crippen LogP contribution in [-0.2, 0) is 12.8 Å². The van der Waals surface area contributed by atoms with E-state index in [2.05, 4.69) is 66.4 Å². The third kappa shape index (κ3) is 7.50. The van der Waals surface area contributed by atoms with Crippen molar-refractivity contribution in [1.29, 1.82) is 0 Å². The van der Waals surface area contributed by atoms with E-state index in [1.54, 1.807) is 12.3 Å². The number of piperidine rings is 1. The van der Waals surface area contributed by atoms with Gasteiger partial charge in [0, 0.05) is 49.4 Å². The smallest absolute Gasteiger partial charge is 0.251 e. The number of aromatic nitrogens is 1. The fourth-order valence-corrected chi connectivity index (χ4v) is 6.24. The summed E-state index contributed by atoms with van der Waals surface area (Å²) in [6.07, 6.45) is 5.51. The van der Waals surface area contributed by atoms with E-state index in [4.69, 9.17) is 4.74 Å². The first-order valence-electron chi connectivity index (χ1n) is 15.5. The number of aliphatic hydroxyl groups excluding tert-OH is 1. The van der Waals surface area contributed by atoms with Crippen LogP contribution in [0.1, 0.15) is 80.0 Å². The van der Waals surface area contributed by atoms with Crippen molar-refractivity contribution >= 4 is 11.7 Å². The zero-order valence-electron chi connectivity index (χ0n) is 25.5. The summed E-state index contributed by atoms with van der Waals surface area (Å²) in [4.78, 5) is 20.4. The van der Waals surface area contributed by atoms with Gasteiger partial charge in [0.2, 0.25) is 0 Å². The van der Waals surface area contributed by atoms with Gasteiger partial charge in [-0.1, -0.05) is 56.3 Å². The van der Waals surface area contributed by atoms with Crippen molar-refractivity contribution in [1.82, 2.24) is 15.6 Å². The van der Waals surface area contributed by atoms with Crippen molar-refractivity contribution in [2.24, 2.45) is 5.92 Å². The Morgan fingerprint density at radius 1 is 1.14 bits per heavy atom. The Morgan fingerprint density at radius 2 is 1.95 bits per heavy atom. The number of aliphatic hydroxyl groups is 1. The van der Waals surface area contributed by atoms with Gasteiger partial charge in [0.05, 0.1) is 12.1 Å². The number of benzene rings is 2. The zero-order chi connectivity index (χ0) is 29.7. The zero-order valence-corrected chi connectivity index (χ0v) is 25.5. The van der Waals surface area contributed by atoms with Crippen LogP contribution in [0.2, 0.25) is 0 Å². The summed E-state index contributed by atoms with van der Waals surface area (Å²) in [6.45, 7) is 10.8. The van der Waals surface area contributed by atoms with Gasteiger partial charge in [-0.2, -0.15) is 0 Å². The number of carbonyl (C=O) groups excluding carboxylic acids is 1. The first-order chi connectivity index (χ1) is 20.2. The van der Waals surface area contributed by atoms with Crippen LogP contribution in [-0.4, -0.2) is 53.4 Å². The van der Waals surface area contributed by atoms with Gasteiger partial charge in [-0.05, 0) is 74.8 Å². The average molecular weight is 571 g/mol. The number of nitrogens with one attached hydrogen (secondary N) is 2. The van der Waals surface area contributed by atoms with E-state index in [0.717, 1.165) is 55.0 Å². The number of nitrogens with zero attached hydrogens (tertiary/aromatic N) is 2. The molecule has 7 heteroatoms. The Morgan fingerprint density at radius 3 is 2.71 bits per heavy atom. The van der Waals surface area contributed by atoms with E-state index in [1.165, 1.54) is 12.0 Å². The van der Waals surface area contributed by atoms with Crippen LogP contribution in [0.4, 0.5) is 5.82 Å². The summed E-state index contributed by atoms with van der Waals surface area (Å²) >= 11 is 0. The maximum absolute atomic E-state index is 13.6. The number of amides is 1. The van der Waals surface area contributed by atoms with Crippen LogP contribution < -0.4 is 20.3 Å². The summed E-state index contributed by atoms with van der Waals surface area (Å²) < 4.78 is 6.28. The monoisotopic (exact) mass is 570 g/mol. The molecule has 42 heavy (non-hydrogen) atoms. The fraction of sp³-hybridized carbons (Fsp3) is 0.486. The van der Waals surface area contributed by atoms with Crippen molar-refractivity contribution < 1.29 is 14.6 Å². The molecule has 5 rings (SSSR count). The molecule has 0 unspecified atom stereocenters. The van der Waals surface area contributed by atoms with Crippen LogP contribution in [0, 0.1) is 5.92 Å². The van der Waals surface area contributed by atoms with Gasteiger partial charge >= 0.3 is 0 Å². The van der Waals surface area contributed by atoms with E-state index in [-0.39, 0.29) is 17.6 Å². The molecule has 2 aliphatic heterocycles. The summed E-state index contributed by atoms with van der Waals surface area (Å²) in [5.74, 6) is 2.14. The van der Waals surface area contributed by atoms with Crippen molar-refractivity contribution in [2.75, 3.05) is 24.5 Å². The second kappa shape index (κ2) is 13.3. The number of rotatable bonds is 10. The molecular formula is C35H46N4O3. The normalized spacial score (nSPS) is 21.1. The molecule has 224 valence electrons. The molecule has 7 nitrogen and oxygen atoms in total. The lowest BCUT2D eigenvalue weighted by Crippen LogP contribution is -2.50. The number of aryl methyl sites for hydroxylation is 1. The predicted octanol–water partition coefficient (Wildman–Crippen LogP) is 5.47. The lowest BCUT2D eigenvalue weighted by Gasteiger charge is -2.39. The van der Waals surface area contributed by atoms with Gasteiger partial charge in [0.25, 0.3) is 5.91 Å².